The third-order valence-corrected chi connectivity index (χ3v) is 3.92. The zero-order valence-electron chi connectivity index (χ0n) is 13.1. The van der Waals surface area contributed by atoms with E-state index in [1.807, 2.05) is 13.8 Å². The second-order valence-corrected chi connectivity index (χ2v) is 6.48. The number of hydrogen-bond donors (Lipinski definition) is 2. The molecule has 0 saturated carbocycles. The minimum atomic E-state index is -0.564. The predicted molar refractivity (Wildman–Crippen MR) is 82.4 cm³/mol. The van der Waals surface area contributed by atoms with Crippen LogP contribution in [-0.4, -0.2) is 17.3 Å². The van der Waals surface area contributed by atoms with Crippen LogP contribution in [0.25, 0.3) is 0 Å². The molecule has 0 aliphatic heterocycles. The fraction of sp³-hybridized carbons (Fsp3) is 0.647. The molecule has 2 N–H and O–H groups in total. The van der Waals surface area contributed by atoms with Gasteiger partial charge in [0.15, 0.2) is 0 Å². The molecule has 0 amide bonds. The highest BCUT2D eigenvalue weighted by molar-refractivity contribution is 5.27. The van der Waals surface area contributed by atoms with Crippen LogP contribution in [0.15, 0.2) is 24.3 Å². The highest BCUT2D eigenvalue weighted by Crippen LogP contribution is 2.22. The van der Waals surface area contributed by atoms with Crippen molar-refractivity contribution in [2.75, 3.05) is 6.54 Å². The Hall–Kier alpha value is -0.860. The van der Waals surface area contributed by atoms with E-state index in [0.29, 0.717) is 6.54 Å². The zero-order valence-corrected chi connectivity index (χ0v) is 13.1. The summed E-state index contributed by atoms with van der Waals surface area (Å²) in [6.45, 7) is 12.2. The molecule has 0 radical (unpaired) electrons. The Kier molecular flexibility index (Phi) is 5.57. The Morgan fingerprint density at radius 2 is 1.53 bits per heavy atom. The van der Waals surface area contributed by atoms with Crippen LogP contribution in [0.2, 0.25) is 0 Å². The maximum absolute atomic E-state index is 10.2. The Balaban J connectivity index is 2.51. The van der Waals surface area contributed by atoms with Crippen molar-refractivity contribution in [2.45, 2.75) is 65.0 Å². The van der Waals surface area contributed by atoms with Crippen molar-refractivity contribution in [3.63, 3.8) is 0 Å². The van der Waals surface area contributed by atoms with E-state index in [1.54, 1.807) is 0 Å². The molecule has 0 atom stereocenters. The lowest BCUT2D eigenvalue weighted by molar-refractivity contribution is 0.0323. The second-order valence-electron chi connectivity index (χ2n) is 6.48. The van der Waals surface area contributed by atoms with Crippen LogP contribution >= 0.6 is 0 Å². The molecule has 0 bridgehead atoms. The highest BCUT2D eigenvalue weighted by Gasteiger charge is 2.21. The lowest BCUT2D eigenvalue weighted by atomic mass is 9.87. The van der Waals surface area contributed by atoms with Gasteiger partial charge < -0.3 is 10.4 Å². The highest BCUT2D eigenvalue weighted by atomic mass is 16.3. The van der Waals surface area contributed by atoms with E-state index in [0.717, 1.165) is 19.4 Å². The van der Waals surface area contributed by atoms with E-state index in [1.165, 1.54) is 11.1 Å². The third kappa shape index (κ3) is 4.96. The van der Waals surface area contributed by atoms with Gasteiger partial charge in [-0.25, -0.2) is 0 Å². The molecule has 1 rings (SSSR count). The van der Waals surface area contributed by atoms with Gasteiger partial charge in [-0.1, -0.05) is 58.9 Å². The van der Waals surface area contributed by atoms with Crippen LogP contribution in [0.3, 0.4) is 0 Å². The lowest BCUT2D eigenvalue weighted by Crippen LogP contribution is -2.39. The van der Waals surface area contributed by atoms with Gasteiger partial charge in [0.05, 0.1) is 5.60 Å². The van der Waals surface area contributed by atoms with Gasteiger partial charge in [0.1, 0.15) is 0 Å². The topological polar surface area (TPSA) is 32.3 Å². The van der Waals surface area contributed by atoms with Gasteiger partial charge in [0.2, 0.25) is 0 Å². The summed E-state index contributed by atoms with van der Waals surface area (Å²) in [5.41, 5.74) is 2.26. The van der Waals surface area contributed by atoms with Gasteiger partial charge in [-0.15, -0.1) is 0 Å². The molecule has 0 aliphatic rings. The van der Waals surface area contributed by atoms with E-state index in [4.69, 9.17) is 0 Å². The molecule has 19 heavy (non-hydrogen) atoms. The summed E-state index contributed by atoms with van der Waals surface area (Å²) in [5.74, 6) is 0. The van der Waals surface area contributed by atoms with Gasteiger partial charge in [-0.05, 0) is 29.4 Å². The number of benzene rings is 1. The molecule has 0 fully saturated rings. The van der Waals surface area contributed by atoms with Crippen LogP contribution in [-0.2, 0) is 12.0 Å². The normalized spacial score (nSPS) is 12.7. The van der Waals surface area contributed by atoms with Crippen LogP contribution in [0.5, 0.6) is 0 Å². The number of rotatable bonds is 6. The van der Waals surface area contributed by atoms with Crippen molar-refractivity contribution >= 4 is 0 Å². The van der Waals surface area contributed by atoms with Crippen LogP contribution in [0.1, 0.15) is 58.6 Å². The summed E-state index contributed by atoms with van der Waals surface area (Å²) in [6, 6.07) is 8.74. The first-order valence-electron chi connectivity index (χ1n) is 7.33. The molecular formula is C17H29NO. The summed E-state index contributed by atoms with van der Waals surface area (Å²) in [7, 11) is 0. The molecule has 0 aromatic heterocycles. The van der Waals surface area contributed by atoms with E-state index in [2.05, 4.69) is 50.4 Å². The quantitative estimate of drug-likeness (QED) is 0.821. The summed E-state index contributed by atoms with van der Waals surface area (Å²) < 4.78 is 0. The van der Waals surface area contributed by atoms with Crippen molar-refractivity contribution in [2.24, 2.45) is 0 Å². The average Bonchev–Trinajstić information content (AvgIpc) is 2.38. The van der Waals surface area contributed by atoms with E-state index >= 15 is 0 Å². The molecule has 0 unspecified atom stereocenters. The van der Waals surface area contributed by atoms with Gasteiger partial charge in [0.25, 0.3) is 0 Å². The maximum Gasteiger partial charge on any atom is 0.0766 e. The van der Waals surface area contributed by atoms with E-state index < -0.39 is 5.60 Å². The maximum atomic E-state index is 10.2. The Morgan fingerprint density at radius 1 is 1.00 bits per heavy atom. The van der Waals surface area contributed by atoms with Crippen LogP contribution in [0, 0.1) is 0 Å². The number of hydrogen-bond acceptors (Lipinski definition) is 2. The Labute approximate surface area is 118 Å². The first-order chi connectivity index (χ1) is 8.80. The first-order valence-corrected chi connectivity index (χ1v) is 7.33. The van der Waals surface area contributed by atoms with Crippen molar-refractivity contribution in [1.82, 2.24) is 5.32 Å². The lowest BCUT2D eigenvalue weighted by Gasteiger charge is -2.25. The smallest absolute Gasteiger partial charge is 0.0766 e. The van der Waals surface area contributed by atoms with Crippen LogP contribution < -0.4 is 5.32 Å². The Bertz CT molecular complexity index is 371. The predicted octanol–water partition coefficient (Wildman–Crippen LogP) is 3.62. The first kappa shape index (κ1) is 16.2. The zero-order chi connectivity index (χ0) is 14.5. The molecule has 0 aliphatic carbocycles. The largest absolute Gasteiger partial charge is 0.389 e. The molecule has 0 spiro atoms. The molecule has 0 saturated heterocycles. The Morgan fingerprint density at radius 3 is 1.95 bits per heavy atom. The minimum Gasteiger partial charge on any atom is -0.389 e. The molecule has 1 aromatic carbocycles. The molecule has 108 valence electrons. The molecule has 2 nitrogen and oxygen atoms in total. The van der Waals surface area contributed by atoms with Gasteiger partial charge in [0, 0.05) is 13.1 Å². The summed E-state index contributed by atoms with van der Waals surface area (Å²) >= 11 is 0. The van der Waals surface area contributed by atoms with E-state index in [9.17, 15) is 5.11 Å². The van der Waals surface area contributed by atoms with Crippen LogP contribution in [0.4, 0.5) is 0 Å². The van der Waals surface area contributed by atoms with Gasteiger partial charge in [-0.3, -0.25) is 0 Å². The molecule has 2 heteroatoms. The summed E-state index contributed by atoms with van der Waals surface area (Å²) in [4.78, 5) is 0. The fourth-order valence-electron chi connectivity index (χ4n) is 2.06. The molecule has 0 heterocycles. The van der Waals surface area contributed by atoms with Crippen molar-refractivity contribution in [3.8, 4) is 0 Å². The molecular weight excluding hydrogens is 234 g/mol. The van der Waals surface area contributed by atoms with Gasteiger partial charge >= 0.3 is 0 Å². The minimum absolute atomic E-state index is 0.205. The fourth-order valence-corrected chi connectivity index (χ4v) is 2.06. The van der Waals surface area contributed by atoms with Crippen molar-refractivity contribution in [1.29, 1.82) is 0 Å². The summed E-state index contributed by atoms with van der Waals surface area (Å²) in [6.07, 6.45) is 1.58. The number of aliphatic hydroxyl groups is 1. The average molecular weight is 263 g/mol. The third-order valence-electron chi connectivity index (χ3n) is 3.92. The standard InChI is InChI=1S/C17H29NO/c1-6-17(19,7-2)13-18-12-14-8-10-15(11-9-14)16(3,4)5/h8-11,18-19H,6-7,12-13H2,1-5H3. The number of nitrogens with one attached hydrogen (secondary N) is 1. The van der Waals surface area contributed by atoms with Crippen molar-refractivity contribution in [3.05, 3.63) is 35.4 Å². The SMILES string of the molecule is CCC(O)(CC)CNCc1ccc(C(C)(C)C)cc1. The second kappa shape index (κ2) is 6.53. The van der Waals surface area contributed by atoms with E-state index in [-0.39, 0.29) is 5.41 Å². The monoisotopic (exact) mass is 263 g/mol. The summed E-state index contributed by atoms with van der Waals surface area (Å²) in [5, 5.41) is 13.5. The van der Waals surface area contributed by atoms with Crippen molar-refractivity contribution < 1.29 is 5.11 Å². The molecule has 1 aromatic rings. The van der Waals surface area contributed by atoms with Gasteiger partial charge in [-0.2, -0.15) is 0 Å².